The maximum Gasteiger partial charge on any atom is 0.295 e. The van der Waals surface area contributed by atoms with Crippen LogP contribution in [0.1, 0.15) is 24.1 Å². The summed E-state index contributed by atoms with van der Waals surface area (Å²) in [5, 5.41) is 11.4. The van der Waals surface area contributed by atoms with Gasteiger partial charge < -0.3 is 33.7 Å². The van der Waals surface area contributed by atoms with Gasteiger partial charge in [0, 0.05) is 13.7 Å². The molecule has 1 saturated heterocycles. The molecule has 1 atom stereocenters. The first-order chi connectivity index (χ1) is 16.4. The van der Waals surface area contributed by atoms with Crippen molar-refractivity contribution >= 4 is 17.4 Å². The summed E-state index contributed by atoms with van der Waals surface area (Å²) in [6.45, 7) is 2.64. The number of amides is 1. The van der Waals surface area contributed by atoms with Gasteiger partial charge in [0.15, 0.2) is 11.5 Å². The Morgan fingerprint density at radius 3 is 2.15 bits per heavy atom. The third-order valence-electron chi connectivity index (χ3n) is 5.54. The van der Waals surface area contributed by atoms with E-state index in [0.717, 1.165) is 0 Å². The smallest absolute Gasteiger partial charge is 0.295 e. The van der Waals surface area contributed by atoms with Crippen LogP contribution in [-0.2, 0) is 14.3 Å². The van der Waals surface area contributed by atoms with Crippen LogP contribution in [0.15, 0.2) is 42.0 Å². The Morgan fingerprint density at radius 2 is 1.59 bits per heavy atom. The number of carbonyl (C=O) groups excluding carboxylic acids is 2. The zero-order valence-corrected chi connectivity index (χ0v) is 19.9. The van der Waals surface area contributed by atoms with E-state index in [1.165, 1.54) is 33.3 Å². The quantitative estimate of drug-likeness (QED) is 0.320. The van der Waals surface area contributed by atoms with Crippen molar-refractivity contribution < 1.29 is 38.4 Å². The summed E-state index contributed by atoms with van der Waals surface area (Å²) in [4.78, 5) is 27.6. The molecule has 34 heavy (non-hydrogen) atoms. The predicted molar refractivity (Wildman–Crippen MR) is 125 cm³/mol. The van der Waals surface area contributed by atoms with E-state index in [1.54, 1.807) is 36.4 Å². The molecular weight excluding hydrogens is 442 g/mol. The van der Waals surface area contributed by atoms with E-state index in [1.807, 2.05) is 6.92 Å². The zero-order valence-electron chi connectivity index (χ0n) is 19.9. The van der Waals surface area contributed by atoms with Gasteiger partial charge in [0.25, 0.3) is 11.7 Å². The summed E-state index contributed by atoms with van der Waals surface area (Å²) in [5.41, 5.74) is 0.654. The minimum absolute atomic E-state index is 0.0879. The van der Waals surface area contributed by atoms with Crippen molar-refractivity contribution in [2.75, 3.05) is 48.2 Å². The Morgan fingerprint density at radius 1 is 0.941 bits per heavy atom. The first kappa shape index (κ1) is 24.9. The molecule has 0 radical (unpaired) electrons. The van der Waals surface area contributed by atoms with Gasteiger partial charge in [0.2, 0.25) is 0 Å². The highest BCUT2D eigenvalue weighted by molar-refractivity contribution is 6.46. The number of hydrogen-bond acceptors (Lipinski definition) is 8. The summed E-state index contributed by atoms with van der Waals surface area (Å²) >= 11 is 0. The molecule has 1 aliphatic heterocycles. The van der Waals surface area contributed by atoms with E-state index >= 15 is 0 Å². The van der Waals surface area contributed by atoms with E-state index in [9.17, 15) is 14.7 Å². The average molecular weight is 472 g/mol. The molecule has 0 spiro atoms. The summed E-state index contributed by atoms with van der Waals surface area (Å²) in [5.74, 6) is -0.415. The molecule has 0 aliphatic carbocycles. The van der Waals surface area contributed by atoms with E-state index in [4.69, 9.17) is 23.7 Å². The van der Waals surface area contributed by atoms with Crippen LogP contribution >= 0.6 is 0 Å². The Balaban J connectivity index is 2.27. The summed E-state index contributed by atoms with van der Waals surface area (Å²) in [7, 11) is 5.89. The second-order valence-electron chi connectivity index (χ2n) is 7.37. The number of ketones is 1. The van der Waals surface area contributed by atoms with E-state index < -0.39 is 23.5 Å². The number of Topliss-reactive ketones (excluding diaryl/α,β-unsaturated/α-hetero) is 1. The van der Waals surface area contributed by atoms with Crippen molar-refractivity contribution in [3.63, 3.8) is 0 Å². The topological polar surface area (TPSA) is 104 Å². The van der Waals surface area contributed by atoms with Crippen molar-refractivity contribution in [3.05, 3.63) is 53.1 Å². The van der Waals surface area contributed by atoms with Gasteiger partial charge in [-0.25, -0.2) is 0 Å². The molecule has 0 bridgehead atoms. The molecule has 3 rings (SSSR count). The molecule has 2 aromatic carbocycles. The monoisotopic (exact) mass is 471 g/mol. The number of carbonyl (C=O) groups is 2. The largest absolute Gasteiger partial charge is 0.506 e. The van der Waals surface area contributed by atoms with E-state index in [-0.39, 0.29) is 24.3 Å². The highest BCUT2D eigenvalue weighted by Crippen LogP contribution is 2.44. The summed E-state index contributed by atoms with van der Waals surface area (Å²) in [6, 6.07) is 9.19. The van der Waals surface area contributed by atoms with Gasteiger partial charge >= 0.3 is 0 Å². The average Bonchev–Trinajstić information content (AvgIpc) is 3.11. The second kappa shape index (κ2) is 10.9. The number of hydrogen-bond donors (Lipinski definition) is 1. The standard InChI is InChI=1S/C25H29NO8/c1-6-34-16-11-10-15(14-19(16)33-5)22-21(24(28)25(29)26(22)12-13-30-2)23(27)20-17(31-3)8-7-9-18(20)32-4/h7-11,14,22,27H,6,12-13H2,1-5H3/b23-21+. The predicted octanol–water partition coefficient (Wildman–Crippen LogP) is 3.18. The number of nitrogens with zero attached hydrogens (tertiary/aromatic N) is 1. The van der Waals surface area contributed by atoms with Crippen molar-refractivity contribution in [1.29, 1.82) is 0 Å². The van der Waals surface area contributed by atoms with Crippen molar-refractivity contribution in [3.8, 4) is 23.0 Å². The van der Waals surface area contributed by atoms with Gasteiger partial charge in [-0.15, -0.1) is 0 Å². The zero-order chi connectivity index (χ0) is 24.8. The number of benzene rings is 2. The number of methoxy groups -OCH3 is 4. The SMILES string of the molecule is CCOc1ccc(C2/C(=C(\O)c3c(OC)cccc3OC)C(=O)C(=O)N2CCOC)cc1OC. The number of likely N-dealkylation sites (tertiary alicyclic amines) is 1. The van der Waals surface area contributed by atoms with Gasteiger partial charge in [-0.1, -0.05) is 12.1 Å². The highest BCUT2D eigenvalue weighted by Gasteiger charge is 2.46. The Kier molecular flexibility index (Phi) is 8.01. The molecule has 1 unspecified atom stereocenters. The third kappa shape index (κ3) is 4.51. The van der Waals surface area contributed by atoms with E-state index in [2.05, 4.69) is 0 Å². The molecule has 1 heterocycles. The van der Waals surface area contributed by atoms with Gasteiger partial charge in [-0.05, 0) is 36.8 Å². The first-order valence-electron chi connectivity index (χ1n) is 10.7. The van der Waals surface area contributed by atoms with Crippen LogP contribution in [0.5, 0.6) is 23.0 Å². The van der Waals surface area contributed by atoms with Gasteiger partial charge in [0.1, 0.15) is 22.8 Å². The number of rotatable bonds is 10. The van der Waals surface area contributed by atoms with Gasteiger partial charge in [-0.3, -0.25) is 9.59 Å². The van der Waals surface area contributed by atoms with Crippen LogP contribution in [0, 0.1) is 0 Å². The molecule has 0 aromatic heterocycles. The Labute approximate surface area is 198 Å². The Hall–Kier alpha value is -3.72. The minimum atomic E-state index is -0.894. The lowest BCUT2D eigenvalue weighted by molar-refractivity contribution is -0.140. The lowest BCUT2D eigenvalue weighted by Crippen LogP contribution is -2.32. The minimum Gasteiger partial charge on any atom is -0.506 e. The van der Waals surface area contributed by atoms with Crippen LogP contribution in [0.3, 0.4) is 0 Å². The van der Waals surface area contributed by atoms with Crippen LogP contribution in [-0.4, -0.2) is 69.9 Å². The van der Waals surface area contributed by atoms with E-state index in [0.29, 0.717) is 35.2 Å². The molecule has 182 valence electrons. The molecule has 2 aromatic rings. The third-order valence-corrected chi connectivity index (χ3v) is 5.54. The fourth-order valence-electron chi connectivity index (χ4n) is 4.00. The molecule has 9 heteroatoms. The first-order valence-corrected chi connectivity index (χ1v) is 10.7. The normalized spacial score (nSPS) is 17.1. The maximum atomic E-state index is 13.2. The molecule has 1 aliphatic rings. The molecule has 0 saturated carbocycles. The molecular formula is C25H29NO8. The summed E-state index contributed by atoms with van der Waals surface area (Å²) in [6.07, 6.45) is 0. The fraction of sp³-hybridized carbons (Fsp3) is 0.360. The number of aliphatic hydroxyl groups is 1. The van der Waals surface area contributed by atoms with Crippen molar-refractivity contribution in [1.82, 2.24) is 4.90 Å². The second-order valence-corrected chi connectivity index (χ2v) is 7.37. The number of ether oxygens (including phenoxy) is 5. The lowest BCUT2D eigenvalue weighted by Gasteiger charge is -2.26. The van der Waals surface area contributed by atoms with Crippen LogP contribution in [0.2, 0.25) is 0 Å². The lowest BCUT2D eigenvalue weighted by atomic mass is 9.94. The maximum absolute atomic E-state index is 13.2. The van der Waals surface area contributed by atoms with Crippen LogP contribution in [0.4, 0.5) is 0 Å². The van der Waals surface area contributed by atoms with Crippen molar-refractivity contribution in [2.45, 2.75) is 13.0 Å². The molecule has 9 nitrogen and oxygen atoms in total. The van der Waals surface area contributed by atoms with Crippen LogP contribution < -0.4 is 18.9 Å². The summed E-state index contributed by atoms with van der Waals surface area (Å²) < 4.78 is 27.0. The van der Waals surface area contributed by atoms with Crippen LogP contribution in [0.25, 0.3) is 5.76 Å². The van der Waals surface area contributed by atoms with Gasteiger partial charge in [-0.2, -0.15) is 0 Å². The molecule has 1 fully saturated rings. The van der Waals surface area contributed by atoms with Gasteiger partial charge in [0.05, 0.1) is 46.2 Å². The Bertz CT molecular complexity index is 1070. The number of aliphatic hydroxyl groups excluding tert-OH is 1. The molecule has 1 N–H and O–H groups in total. The molecule has 1 amide bonds. The fourth-order valence-corrected chi connectivity index (χ4v) is 4.00. The van der Waals surface area contributed by atoms with Crippen molar-refractivity contribution in [2.24, 2.45) is 0 Å². The highest BCUT2D eigenvalue weighted by atomic mass is 16.5.